The first-order chi connectivity index (χ1) is 15.5. The summed E-state index contributed by atoms with van der Waals surface area (Å²) in [6.07, 6.45) is 2.69. The molecular formula is C27H26N2O3. The number of allylic oxidation sites excluding steroid dienone is 1. The molecule has 0 fully saturated rings. The van der Waals surface area contributed by atoms with Gasteiger partial charge >= 0.3 is 0 Å². The maximum Gasteiger partial charge on any atom is 0.230 e. The lowest BCUT2D eigenvalue weighted by Gasteiger charge is -2.34. The van der Waals surface area contributed by atoms with Crippen molar-refractivity contribution in [1.29, 1.82) is 0 Å². The molecule has 1 aromatic heterocycles. The molecule has 5 heteroatoms. The molecule has 0 radical (unpaired) electrons. The van der Waals surface area contributed by atoms with Gasteiger partial charge in [-0.15, -0.1) is 0 Å². The Morgan fingerprint density at radius 3 is 2.47 bits per heavy atom. The van der Waals surface area contributed by atoms with Crippen LogP contribution in [-0.4, -0.2) is 11.7 Å². The van der Waals surface area contributed by atoms with Crippen LogP contribution in [0.1, 0.15) is 50.0 Å². The molecule has 0 bridgehead atoms. The van der Waals surface area contributed by atoms with E-state index >= 15 is 0 Å². The van der Waals surface area contributed by atoms with Gasteiger partial charge in [0.25, 0.3) is 0 Å². The summed E-state index contributed by atoms with van der Waals surface area (Å²) in [7, 11) is 0. The van der Waals surface area contributed by atoms with Gasteiger partial charge in [-0.3, -0.25) is 14.5 Å². The number of hydrogen-bond acceptors (Lipinski definition) is 4. The van der Waals surface area contributed by atoms with Gasteiger partial charge in [0.1, 0.15) is 11.8 Å². The van der Waals surface area contributed by atoms with Gasteiger partial charge in [0.15, 0.2) is 5.78 Å². The van der Waals surface area contributed by atoms with Crippen LogP contribution in [0, 0.1) is 5.92 Å². The zero-order valence-corrected chi connectivity index (χ0v) is 18.2. The van der Waals surface area contributed by atoms with E-state index in [1.165, 1.54) is 0 Å². The van der Waals surface area contributed by atoms with Gasteiger partial charge in [-0.25, -0.2) is 0 Å². The summed E-state index contributed by atoms with van der Waals surface area (Å²) in [5.41, 5.74) is 4.22. The normalized spacial score (nSPS) is 20.5. The Kier molecular flexibility index (Phi) is 5.17. The van der Waals surface area contributed by atoms with Crippen LogP contribution in [0.15, 0.2) is 88.7 Å². The van der Waals surface area contributed by atoms with Crippen molar-refractivity contribution in [3.63, 3.8) is 0 Å². The molecule has 0 saturated heterocycles. The quantitative estimate of drug-likeness (QED) is 0.572. The molecule has 2 aliphatic rings. The molecule has 5 rings (SSSR count). The number of amides is 1. The number of rotatable bonds is 3. The zero-order valence-electron chi connectivity index (χ0n) is 18.2. The number of para-hydroxylation sites is 2. The number of nitrogens with one attached hydrogen (secondary N) is 1. The minimum atomic E-state index is -0.602. The molecule has 2 aromatic carbocycles. The number of fused-ring (bicyclic) bond motifs is 1. The first-order valence-corrected chi connectivity index (χ1v) is 11.1. The second-order valence-corrected chi connectivity index (χ2v) is 8.75. The van der Waals surface area contributed by atoms with Crippen molar-refractivity contribution in [2.24, 2.45) is 5.92 Å². The fraction of sp³-hybridized carbons (Fsp3) is 0.259. The second kappa shape index (κ2) is 8.15. The average molecular weight is 427 g/mol. The summed E-state index contributed by atoms with van der Waals surface area (Å²) < 4.78 is 5.80. The largest absolute Gasteiger partial charge is 0.467 e. The molecule has 2 atom stereocenters. The van der Waals surface area contributed by atoms with Crippen LogP contribution in [0.2, 0.25) is 0 Å². The van der Waals surface area contributed by atoms with Crippen molar-refractivity contribution in [1.82, 2.24) is 0 Å². The molecule has 1 aliphatic carbocycles. The van der Waals surface area contributed by atoms with E-state index in [1.54, 1.807) is 17.2 Å². The Morgan fingerprint density at radius 1 is 1.00 bits per heavy atom. The van der Waals surface area contributed by atoms with Crippen molar-refractivity contribution >= 4 is 23.1 Å². The summed E-state index contributed by atoms with van der Waals surface area (Å²) in [4.78, 5) is 28.9. The number of carbonyl (C=O) groups excluding carboxylic acids is 2. The Hall–Kier alpha value is -3.60. The molecule has 2 heterocycles. The number of anilines is 2. The van der Waals surface area contributed by atoms with Crippen molar-refractivity contribution in [3.05, 3.63) is 95.6 Å². The van der Waals surface area contributed by atoms with Crippen molar-refractivity contribution in [3.8, 4) is 0 Å². The monoisotopic (exact) mass is 426 g/mol. The standard InChI is InChI=1S/C27H26N2O3/c1-17(2)27(31)29-22-12-7-6-11-20(22)28-21-15-19(18-9-4-3-5-10-18)16-23(30)25(21)26(29)24-13-8-14-32-24/h3-14,17,19,26,28H,15-16H2,1-2H3/t19-,26+/m0/s1. The van der Waals surface area contributed by atoms with Crippen LogP contribution in [0.5, 0.6) is 0 Å². The zero-order chi connectivity index (χ0) is 22.2. The Balaban J connectivity index is 1.70. The van der Waals surface area contributed by atoms with Crippen molar-refractivity contribution < 1.29 is 14.0 Å². The van der Waals surface area contributed by atoms with E-state index in [1.807, 2.05) is 62.4 Å². The molecule has 0 saturated carbocycles. The van der Waals surface area contributed by atoms with Crippen LogP contribution < -0.4 is 10.2 Å². The fourth-order valence-electron chi connectivity index (χ4n) is 4.79. The smallest absolute Gasteiger partial charge is 0.230 e. The van der Waals surface area contributed by atoms with E-state index in [9.17, 15) is 9.59 Å². The van der Waals surface area contributed by atoms with Crippen molar-refractivity contribution in [2.75, 3.05) is 10.2 Å². The topological polar surface area (TPSA) is 62.6 Å². The molecule has 162 valence electrons. The minimum absolute atomic E-state index is 0.0448. The van der Waals surface area contributed by atoms with E-state index in [0.29, 0.717) is 24.2 Å². The van der Waals surface area contributed by atoms with Gasteiger partial charge in [-0.05, 0) is 42.2 Å². The Bertz CT molecular complexity index is 1180. The lowest BCUT2D eigenvalue weighted by molar-refractivity contribution is -0.122. The molecule has 1 N–H and O–H groups in total. The summed E-state index contributed by atoms with van der Waals surface area (Å²) in [6.45, 7) is 3.76. The summed E-state index contributed by atoms with van der Waals surface area (Å²) in [5.74, 6) is 0.442. The maximum absolute atomic E-state index is 13.7. The predicted molar refractivity (Wildman–Crippen MR) is 124 cm³/mol. The van der Waals surface area contributed by atoms with Gasteiger partial charge in [0, 0.05) is 23.6 Å². The number of carbonyl (C=O) groups is 2. The average Bonchev–Trinajstić information content (AvgIpc) is 3.28. The third-order valence-corrected chi connectivity index (χ3v) is 6.30. The van der Waals surface area contributed by atoms with E-state index in [0.717, 1.165) is 22.6 Å². The molecule has 3 aromatic rings. The third kappa shape index (κ3) is 3.44. The molecule has 0 spiro atoms. The Morgan fingerprint density at radius 2 is 1.75 bits per heavy atom. The number of Topliss-reactive ketones (excluding diaryl/α,β-unsaturated/α-hetero) is 1. The second-order valence-electron chi connectivity index (χ2n) is 8.75. The van der Waals surface area contributed by atoms with E-state index in [4.69, 9.17) is 4.42 Å². The highest BCUT2D eigenvalue weighted by molar-refractivity contribution is 6.06. The van der Waals surface area contributed by atoms with Crippen molar-refractivity contribution in [2.45, 2.75) is 38.6 Å². The molecule has 1 aliphatic heterocycles. The number of benzene rings is 2. The van der Waals surface area contributed by atoms with Crippen LogP contribution in [0.3, 0.4) is 0 Å². The number of ketones is 1. The highest BCUT2D eigenvalue weighted by Crippen LogP contribution is 2.47. The molecular weight excluding hydrogens is 400 g/mol. The molecule has 5 nitrogen and oxygen atoms in total. The number of hydrogen-bond donors (Lipinski definition) is 1. The third-order valence-electron chi connectivity index (χ3n) is 6.30. The highest BCUT2D eigenvalue weighted by atomic mass is 16.3. The van der Waals surface area contributed by atoms with Crippen LogP contribution in [0.25, 0.3) is 0 Å². The van der Waals surface area contributed by atoms with E-state index in [-0.39, 0.29) is 23.5 Å². The first-order valence-electron chi connectivity index (χ1n) is 11.1. The molecule has 0 unspecified atom stereocenters. The lowest BCUT2D eigenvalue weighted by Crippen LogP contribution is -2.40. The summed E-state index contributed by atoms with van der Waals surface area (Å²) in [5, 5.41) is 3.53. The van der Waals surface area contributed by atoms with E-state index in [2.05, 4.69) is 17.4 Å². The van der Waals surface area contributed by atoms with Gasteiger partial charge in [0.05, 0.1) is 17.6 Å². The van der Waals surface area contributed by atoms with Gasteiger partial charge < -0.3 is 9.73 Å². The van der Waals surface area contributed by atoms with Crippen LogP contribution in [0.4, 0.5) is 11.4 Å². The van der Waals surface area contributed by atoms with Crippen LogP contribution >= 0.6 is 0 Å². The van der Waals surface area contributed by atoms with Crippen LogP contribution in [-0.2, 0) is 9.59 Å². The fourth-order valence-corrected chi connectivity index (χ4v) is 4.79. The highest BCUT2D eigenvalue weighted by Gasteiger charge is 2.43. The van der Waals surface area contributed by atoms with Gasteiger partial charge in [-0.2, -0.15) is 0 Å². The molecule has 32 heavy (non-hydrogen) atoms. The lowest BCUT2D eigenvalue weighted by atomic mass is 9.79. The summed E-state index contributed by atoms with van der Waals surface area (Å²) in [6, 6.07) is 20.9. The SMILES string of the molecule is CC(C)C(=O)N1c2ccccc2NC2=C(C(=O)C[C@@H](c3ccccc3)C2)[C@H]1c1ccco1. The van der Waals surface area contributed by atoms with Gasteiger partial charge in [-0.1, -0.05) is 56.3 Å². The first kappa shape index (κ1) is 20.3. The maximum atomic E-state index is 13.7. The van der Waals surface area contributed by atoms with E-state index < -0.39 is 6.04 Å². The minimum Gasteiger partial charge on any atom is -0.467 e. The van der Waals surface area contributed by atoms with Gasteiger partial charge in [0.2, 0.25) is 5.91 Å². The summed E-state index contributed by atoms with van der Waals surface area (Å²) >= 11 is 0. The molecule has 1 amide bonds. The Labute approximate surface area is 187 Å². The number of furan rings is 1. The number of nitrogens with zero attached hydrogens (tertiary/aromatic N) is 1. The predicted octanol–water partition coefficient (Wildman–Crippen LogP) is 5.84.